The van der Waals surface area contributed by atoms with Gasteiger partial charge in [0.25, 0.3) is 0 Å². The van der Waals surface area contributed by atoms with Crippen LogP contribution in [0.2, 0.25) is 10.0 Å². The van der Waals surface area contributed by atoms with Crippen LogP contribution in [0.3, 0.4) is 0 Å². The lowest BCUT2D eigenvalue weighted by molar-refractivity contribution is -0.138. The van der Waals surface area contributed by atoms with E-state index in [1.54, 1.807) is 13.0 Å². The Kier molecular flexibility index (Phi) is 4.61. The van der Waals surface area contributed by atoms with E-state index in [0.717, 1.165) is 22.2 Å². The Hall–Kier alpha value is -1.91. The lowest BCUT2D eigenvalue weighted by Crippen LogP contribution is -2.15. The molecule has 3 rings (SSSR count). The number of carbonyl (C=O) groups excluding carboxylic acids is 1. The summed E-state index contributed by atoms with van der Waals surface area (Å²) >= 11 is 12.4. The van der Waals surface area contributed by atoms with E-state index in [-0.39, 0.29) is 0 Å². The summed E-state index contributed by atoms with van der Waals surface area (Å²) < 4.78 is 7.23. The first kappa shape index (κ1) is 16.9. The summed E-state index contributed by atoms with van der Waals surface area (Å²) in [4.78, 5) is 12.4. The van der Waals surface area contributed by atoms with Gasteiger partial charge in [-0.2, -0.15) is 0 Å². The number of benzene rings is 1. The van der Waals surface area contributed by atoms with Crippen molar-refractivity contribution >= 4 is 45.8 Å². The molecule has 2 N–H and O–H groups in total. The molecule has 2 aromatic rings. The summed E-state index contributed by atoms with van der Waals surface area (Å²) in [5.41, 5.74) is 9.79. The number of ether oxygens (including phenoxy) is 1. The third kappa shape index (κ3) is 2.60. The molecule has 126 valence electrons. The van der Waals surface area contributed by atoms with Crippen LogP contribution in [-0.4, -0.2) is 17.1 Å². The Morgan fingerprint density at radius 3 is 2.75 bits per heavy atom. The molecular formula is C18H18Cl2N2O2. The van der Waals surface area contributed by atoms with Crippen LogP contribution < -0.4 is 5.73 Å². The minimum Gasteiger partial charge on any atom is -0.462 e. The number of aromatic nitrogens is 1. The highest BCUT2D eigenvalue weighted by Crippen LogP contribution is 2.37. The second-order valence-electron chi connectivity index (χ2n) is 5.53. The van der Waals surface area contributed by atoms with Crippen LogP contribution in [0, 0.1) is 0 Å². The highest BCUT2D eigenvalue weighted by atomic mass is 35.5. The molecule has 0 bridgehead atoms. The van der Waals surface area contributed by atoms with Gasteiger partial charge in [0.05, 0.1) is 39.1 Å². The molecule has 4 nitrogen and oxygen atoms in total. The zero-order valence-corrected chi connectivity index (χ0v) is 15.0. The van der Waals surface area contributed by atoms with Crippen LogP contribution in [0.5, 0.6) is 0 Å². The lowest BCUT2D eigenvalue weighted by Gasteiger charge is -2.11. The predicted octanol–water partition coefficient (Wildman–Crippen LogP) is 4.53. The number of fused-ring (bicyclic) bond motifs is 3. The molecule has 0 aliphatic carbocycles. The van der Waals surface area contributed by atoms with Crippen molar-refractivity contribution < 1.29 is 9.53 Å². The van der Waals surface area contributed by atoms with E-state index in [4.69, 9.17) is 33.7 Å². The first-order valence-corrected chi connectivity index (χ1v) is 8.59. The molecule has 6 heteroatoms. The van der Waals surface area contributed by atoms with Gasteiger partial charge in [-0.3, -0.25) is 0 Å². The number of allylic oxidation sites excluding steroid dienone is 1. The van der Waals surface area contributed by atoms with Crippen molar-refractivity contribution in [3.63, 3.8) is 0 Å². The number of nitrogens with zero attached hydrogens (tertiary/aromatic N) is 1. The molecule has 0 saturated heterocycles. The summed E-state index contributed by atoms with van der Waals surface area (Å²) in [5, 5.41) is 1.79. The summed E-state index contributed by atoms with van der Waals surface area (Å²) in [7, 11) is 0. The molecule has 1 aromatic heterocycles. The fourth-order valence-electron chi connectivity index (χ4n) is 3.06. The minimum atomic E-state index is -0.397. The van der Waals surface area contributed by atoms with Gasteiger partial charge >= 0.3 is 5.97 Å². The van der Waals surface area contributed by atoms with E-state index < -0.39 is 5.97 Å². The van der Waals surface area contributed by atoms with E-state index >= 15 is 0 Å². The SMILES string of the molecule is CCOC(=O)C1=C(N)c2cc3c(Cl)c(Cl)ccc3n2CC=C1CC. The van der Waals surface area contributed by atoms with Crippen molar-refractivity contribution in [2.75, 3.05) is 6.61 Å². The fraction of sp³-hybridized carbons (Fsp3) is 0.278. The van der Waals surface area contributed by atoms with Crippen molar-refractivity contribution in [3.05, 3.63) is 51.2 Å². The third-order valence-electron chi connectivity index (χ3n) is 4.22. The Labute approximate surface area is 150 Å². The molecule has 1 aliphatic heterocycles. The fourth-order valence-corrected chi connectivity index (χ4v) is 3.44. The number of hydrogen-bond donors (Lipinski definition) is 1. The van der Waals surface area contributed by atoms with Gasteiger partial charge in [0.2, 0.25) is 0 Å². The molecule has 2 heterocycles. The highest BCUT2D eigenvalue weighted by Gasteiger charge is 2.25. The van der Waals surface area contributed by atoms with Gasteiger partial charge in [-0.1, -0.05) is 36.2 Å². The first-order chi connectivity index (χ1) is 11.5. The number of nitrogens with two attached hydrogens (primary N) is 1. The van der Waals surface area contributed by atoms with Gasteiger partial charge in [0, 0.05) is 11.9 Å². The van der Waals surface area contributed by atoms with Gasteiger partial charge in [-0.25, -0.2) is 4.79 Å². The molecule has 1 aliphatic rings. The van der Waals surface area contributed by atoms with E-state index in [2.05, 4.69) is 0 Å². The zero-order chi connectivity index (χ0) is 17.4. The van der Waals surface area contributed by atoms with Crippen molar-refractivity contribution in [1.29, 1.82) is 0 Å². The summed E-state index contributed by atoms with van der Waals surface area (Å²) in [6.45, 7) is 4.67. The number of halogens is 2. The van der Waals surface area contributed by atoms with Crippen LogP contribution in [0.15, 0.2) is 35.4 Å². The predicted molar refractivity (Wildman–Crippen MR) is 98.1 cm³/mol. The highest BCUT2D eigenvalue weighted by molar-refractivity contribution is 6.45. The Morgan fingerprint density at radius 1 is 1.33 bits per heavy atom. The van der Waals surface area contributed by atoms with Crippen LogP contribution in [0.25, 0.3) is 16.6 Å². The van der Waals surface area contributed by atoms with Gasteiger partial charge in [-0.15, -0.1) is 0 Å². The molecule has 0 atom stereocenters. The number of esters is 1. The maximum absolute atomic E-state index is 12.4. The molecule has 0 saturated carbocycles. The maximum atomic E-state index is 12.4. The zero-order valence-electron chi connectivity index (χ0n) is 13.5. The van der Waals surface area contributed by atoms with Crippen LogP contribution >= 0.6 is 23.2 Å². The molecule has 0 fully saturated rings. The van der Waals surface area contributed by atoms with E-state index in [9.17, 15) is 4.79 Å². The Bertz CT molecular complexity index is 894. The maximum Gasteiger partial charge on any atom is 0.340 e. The standard InChI is InChI=1S/C18H18Cl2N2O2/c1-3-10-7-8-22-13-6-5-12(19)16(20)11(13)9-14(22)17(21)15(10)18(23)24-4-2/h5-7,9H,3-4,8,21H2,1-2H3. The van der Waals surface area contributed by atoms with Crippen LogP contribution in [0.4, 0.5) is 0 Å². The van der Waals surface area contributed by atoms with Gasteiger partial charge < -0.3 is 15.0 Å². The van der Waals surface area contributed by atoms with E-state index in [1.165, 1.54) is 0 Å². The largest absolute Gasteiger partial charge is 0.462 e. The monoisotopic (exact) mass is 364 g/mol. The summed E-state index contributed by atoms with van der Waals surface area (Å²) in [6.07, 6.45) is 2.71. The smallest absolute Gasteiger partial charge is 0.340 e. The second-order valence-corrected chi connectivity index (χ2v) is 6.31. The molecule has 0 amide bonds. The van der Waals surface area contributed by atoms with Crippen LogP contribution in [0.1, 0.15) is 26.0 Å². The molecule has 24 heavy (non-hydrogen) atoms. The molecule has 0 radical (unpaired) electrons. The third-order valence-corrected chi connectivity index (χ3v) is 5.04. The van der Waals surface area contributed by atoms with Crippen molar-refractivity contribution in [2.24, 2.45) is 5.73 Å². The first-order valence-electron chi connectivity index (χ1n) is 7.83. The number of carbonyl (C=O) groups is 1. The quantitative estimate of drug-likeness (QED) is 0.813. The Balaban J connectivity index is 2.29. The van der Waals surface area contributed by atoms with Gasteiger partial charge in [0.1, 0.15) is 0 Å². The average Bonchev–Trinajstić information content (AvgIpc) is 2.87. The number of hydrogen-bond acceptors (Lipinski definition) is 3. The van der Waals surface area contributed by atoms with E-state index in [1.807, 2.05) is 29.7 Å². The Morgan fingerprint density at radius 2 is 2.08 bits per heavy atom. The second kappa shape index (κ2) is 6.54. The summed E-state index contributed by atoms with van der Waals surface area (Å²) in [6, 6.07) is 5.56. The minimum absolute atomic E-state index is 0.303. The van der Waals surface area contributed by atoms with Crippen molar-refractivity contribution in [1.82, 2.24) is 4.57 Å². The van der Waals surface area contributed by atoms with Crippen molar-refractivity contribution in [2.45, 2.75) is 26.8 Å². The lowest BCUT2D eigenvalue weighted by atomic mass is 10.0. The average molecular weight is 365 g/mol. The molecular weight excluding hydrogens is 347 g/mol. The van der Waals surface area contributed by atoms with Gasteiger partial charge in [-0.05, 0) is 37.1 Å². The molecule has 0 spiro atoms. The topological polar surface area (TPSA) is 57.2 Å². The number of rotatable bonds is 3. The van der Waals surface area contributed by atoms with Crippen LogP contribution in [-0.2, 0) is 16.1 Å². The van der Waals surface area contributed by atoms with E-state index in [0.29, 0.717) is 40.9 Å². The molecule has 1 aromatic carbocycles. The summed E-state index contributed by atoms with van der Waals surface area (Å²) in [5.74, 6) is -0.397. The molecule has 0 unspecified atom stereocenters. The van der Waals surface area contributed by atoms with Crippen molar-refractivity contribution in [3.8, 4) is 0 Å². The van der Waals surface area contributed by atoms with Gasteiger partial charge in [0.15, 0.2) is 0 Å². The normalized spacial score (nSPS) is 14.4.